The van der Waals surface area contributed by atoms with Gasteiger partial charge in [0.05, 0.1) is 16.5 Å². The molecule has 0 radical (unpaired) electrons. The molecule has 1 aliphatic heterocycles. The Morgan fingerprint density at radius 2 is 2.29 bits per heavy atom. The lowest BCUT2D eigenvalue weighted by Gasteiger charge is -2.12. The third-order valence-electron chi connectivity index (χ3n) is 2.75. The monoisotopic (exact) mass is 408 g/mol. The van der Waals surface area contributed by atoms with E-state index < -0.39 is 5.91 Å². The molecule has 2 amide bonds. The molecule has 1 aromatic rings. The Morgan fingerprint density at radius 1 is 1.54 bits per heavy atom. The van der Waals surface area contributed by atoms with Crippen LogP contribution in [0.25, 0.3) is 6.08 Å². The maximum Gasteiger partial charge on any atom is 0.286 e. The Balaban J connectivity index is 2.28. The summed E-state index contributed by atoms with van der Waals surface area (Å²) in [7, 11) is 1.51. The number of ether oxygens (including phenoxy) is 2. The van der Waals surface area contributed by atoms with Crippen molar-refractivity contribution < 1.29 is 19.1 Å². The molecule has 0 unspecified atom stereocenters. The largest absolute Gasteiger partial charge is 0.493 e. The Labute approximate surface area is 151 Å². The standard InChI is InChI=1S/C16H13BrN2O4S/c1-4-5-23-14-11(17)6-10(7-12(14)22-3)8-13-15(21)19-16(24-13)18-9(2)20/h1,6-8H,5H2,2-3H3,(H,18,19,20,21)/b13-8-. The van der Waals surface area contributed by atoms with Crippen molar-refractivity contribution in [2.45, 2.75) is 6.92 Å². The molecule has 6 nitrogen and oxygen atoms in total. The minimum Gasteiger partial charge on any atom is -0.493 e. The minimum atomic E-state index is -0.411. The molecular formula is C16H13BrN2O4S. The lowest BCUT2D eigenvalue weighted by atomic mass is 10.2. The predicted molar refractivity (Wildman–Crippen MR) is 96.8 cm³/mol. The van der Waals surface area contributed by atoms with Gasteiger partial charge in [0.15, 0.2) is 16.7 Å². The number of methoxy groups -OCH3 is 1. The fourth-order valence-electron chi connectivity index (χ4n) is 1.84. The Hall–Kier alpha value is -2.24. The van der Waals surface area contributed by atoms with Gasteiger partial charge in [0.1, 0.15) is 6.61 Å². The number of benzene rings is 1. The summed E-state index contributed by atoms with van der Waals surface area (Å²) < 4.78 is 11.4. The number of hydrogen-bond donors (Lipinski definition) is 1. The number of aliphatic imine (C=N–C) groups is 1. The molecule has 124 valence electrons. The lowest BCUT2D eigenvalue weighted by molar-refractivity contribution is -0.117. The summed E-state index contributed by atoms with van der Waals surface area (Å²) >= 11 is 4.49. The van der Waals surface area contributed by atoms with E-state index >= 15 is 0 Å². The zero-order valence-electron chi connectivity index (χ0n) is 12.9. The van der Waals surface area contributed by atoms with E-state index in [-0.39, 0.29) is 17.7 Å². The fraction of sp³-hybridized carbons (Fsp3) is 0.188. The Kier molecular flexibility index (Phi) is 6.06. The van der Waals surface area contributed by atoms with Gasteiger partial charge < -0.3 is 14.8 Å². The van der Waals surface area contributed by atoms with Crippen LogP contribution in [0.5, 0.6) is 11.5 Å². The summed E-state index contributed by atoms with van der Waals surface area (Å²) in [6.07, 6.45) is 6.85. The first-order chi connectivity index (χ1) is 11.4. The zero-order valence-corrected chi connectivity index (χ0v) is 15.3. The molecular weight excluding hydrogens is 396 g/mol. The van der Waals surface area contributed by atoms with Crippen LogP contribution in [0.1, 0.15) is 12.5 Å². The van der Waals surface area contributed by atoms with Gasteiger partial charge in [-0.1, -0.05) is 5.92 Å². The molecule has 0 aromatic heterocycles. The summed E-state index contributed by atoms with van der Waals surface area (Å²) in [5.74, 6) is 2.65. The highest BCUT2D eigenvalue weighted by Gasteiger charge is 2.23. The van der Waals surface area contributed by atoms with Crippen molar-refractivity contribution >= 4 is 50.7 Å². The molecule has 1 heterocycles. The van der Waals surface area contributed by atoms with E-state index in [1.165, 1.54) is 14.0 Å². The molecule has 2 rings (SSSR count). The van der Waals surface area contributed by atoms with E-state index in [1.807, 2.05) is 0 Å². The molecule has 8 heteroatoms. The van der Waals surface area contributed by atoms with Crippen LogP contribution in [-0.2, 0) is 9.59 Å². The number of carbonyl (C=O) groups excluding carboxylic acids is 2. The van der Waals surface area contributed by atoms with Crippen LogP contribution < -0.4 is 14.8 Å². The molecule has 0 saturated carbocycles. The summed E-state index contributed by atoms with van der Waals surface area (Å²) in [5.41, 5.74) is 0.710. The molecule has 0 saturated heterocycles. The molecule has 1 N–H and O–H groups in total. The zero-order chi connectivity index (χ0) is 17.7. The van der Waals surface area contributed by atoms with Gasteiger partial charge in [0.25, 0.3) is 5.91 Å². The number of nitrogens with zero attached hydrogens (tertiary/aromatic N) is 1. The second-order valence-corrected chi connectivity index (χ2v) is 6.43. The number of terminal acetylenes is 1. The second kappa shape index (κ2) is 8.04. The molecule has 0 atom stereocenters. The highest BCUT2D eigenvalue weighted by Crippen LogP contribution is 2.38. The molecule has 0 aliphatic carbocycles. The van der Waals surface area contributed by atoms with E-state index in [2.05, 4.69) is 32.2 Å². The van der Waals surface area contributed by atoms with Crippen LogP contribution >= 0.6 is 27.7 Å². The van der Waals surface area contributed by atoms with Gasteiger partial charge >= 0.3 is 0 Å². The molecule has 0 spiro atoms. The maximum atomic E-state index is 11.9. The number of amides is 2. The number of hydrogen-bond acceptors (Lipinski definition) is 5. The smallest absolute Gasteiger partial charge is 0.286 e. The van der Waals surface area contributed by atoms with Crippen LogP contribution in [0.2, 0.25) is 0 Å². The SMILES string of the molecule is C#CCOc1c(Br)cc(/C=C2\SC(NC(C)=O)=NC2=O)cc1OC. The molecule has 1 aliphatic rings. The van der Waals surface area contributed by atoms with Gasteiger partial charge in [-0.2, -0.15) is 4.99 Å². The number of rotatable bonds is 4. The van der Waals surface area contributed by atoms with E-state index in [1.54, 1.807) is 18.2 Å². The normalized spacial score (nSPS) is 15.0. The van der Waals surface area contributed by atoms with Crippen LogP contribution in [0.4, 0.5) is 0 Å². The second-order valence-electron chi connectivity index (χ2n) is 4.54. The van der Waals surface area contributed by atoms with Crippen LogP contribution in [0.3, 0.4) is 0 Å². The third-order valence-corrected chi connectivity index (χ3v) is 4.24. The number of halogens is 1. The molecule has 24 heavy (non-hydrogen) atoms. The van der Waals surface area contributed by atoms with Crippen molar-refractivity contribution in [1.82, 2.24) is 5.32 Å². The number of nitrogens with one attached hydrogen (secondary N) is 1. The quantitative estimate of drug-likeness (QED) is 0.611. The Morgan fingerprint density at radius 3 is 2.92 bits per heavy atom. The van der Waals surface area contributed by atoms with E-state index in [4.69, 9.17) is 15.9 Å². The van der Waals surface area contributed by atoms with Gasteiger partial charge in [-0.05, 0) is 51.5 Å². The van der Waals surface area contributed by atoms with Crippen LogP contribution in [0, 0.1) is 12.3 Å². The van der Waals surface area contributed by atoms with Crippen molar-refractivity contribution in [3.63, 3.8) is 0 Å². The number of amidine groups is 1. The van der Waals surface area contributed by atoms with Crippen molar-refractivity contribution in [3.05, 3.63) is 27.1 Å². The van der Waals surface area contributed by atoms with Crippen molar-refractivity contribution in [3.8, 4) is 23.8 Å². The molecule has 1 aromatic carbocycles. The Bertz CT molecular complexity index is 796. The van der Waals surface area contributed by atoms with E-state index in [9.17, 15) is 9.59 Å². The molecule has 0 fully saturated rings. The van der Waals surface area contributed by atoms with E-state index in [0.717, 1.165) is 11.8 Å². The maximum absolute atomic E-state index is 11.9. The fourth-order valence-corrected chi connectivity index (χ4v) is 3.28. The summed E-state index contributed by atoms with van der Waals surface area (Å²) in [6, 6.07) is 3.49. The summed E-state index contributed by atoms with van der Waals surface area (Å²) in [6.45, 7) is 1.46. The number of thioether (sulfide) groups is 1. The average molecular weight is 409 g/mol. The highest BCUT2D eigenvalue weighted by atomic mass is 79.9. The van der Waals surface area contributed by atoms with Gasteiger partial charge in [-0.25, -0.2) is 0 Å². The van der Waals surface area contributed by atoms with Crippen molar-refractivity contribution in [2.75, 3.05) is 13.7 Å². The first-order valence-electron chi connectivity index (χ1n) is 6.68. The number of carbonyl (C=O) groups is 2. The van der Waals surface area contributed by atoms with Crippen molar-refractivity contribution in [2.24, 2.45) is 4.99 Å². The van der Waals surface area contributed by atoms with Crippen LogP contribution in [-0.4, -0.2) is 30.7 Å². The minimum absolute atomic E-state index is 0.109. The van der Waals surface area contributed by atoms with Gasteiger partial charge in [-0.15, -0.1) is 6.42 Å². The highest BCUT2D eigenvalue weighted by molar-refractivity contribution is 9.10. The first kappa shape index (κ1) is 18.1. The van der Waals surface area contributed by atoms with Gasteiger partial charge in [-0.3, -0.25) is 9.59 Å². The summed E-state index contributed by atoms with van der Waals surface area (Å²) in [4.78, 5) is 27.1. The third kappa shape index (κ3) is 4.40. The molecule has 0 bridgehead atoms. The van der Waals surface area contributed by atoms with Crippen molar-refractivity contribution in [1.29, 1.82) is 0 Å². The van der Waals surface area contributed by atoms with E-state index in [0.29, 0.717) is 26.4 Å². The topological polar surface area (TPSA) is 77.0 Å². The van der Waals surface area contributed by atoms with Crippen LogP contribution in [0.15, 0.2) is 26.5 Å². The van der Waals surface area contributed by atoms with Gasteiger partial charge in [0.2, 0.25) is 5.91 Å². The lowest BCUT2D eigenvalue weighted by Crippen LogP contribution is -2.23. The average Bonchev–Trinajstić information content (AvgIpc) is 2.84. The first-order valence-corrected chi connectivity index (χ1v) is 8.29. The summed E-state index contributed by atoms with van der Waals surface area (Å²) in [5, 5.41) is 2.76. The van der Waals surface area contributed by atoms with Gasteiger partial charge in [0, 0.05) is 6.92 Å². The predicted octanol–water partition coefficient (Wildman–Crippen LogP) is 2.58.